The molecule has 116 valence electrons. The van der Waals surface area contributed by atoms with Crippen LogP contribution in [-0.4, -0.2) is 48.6 Å². The number of pyridine rings is 1. The van der Waals surface area contributed by atoms with Crippen LogP contribution >= 0.6 is 0 Å². The first-order chi connectivity index (χ1) is 10.3. The van der Waals surface area contributed by atoms with Gasteiger partial charge in [-0.05, 0) is 37.9 Å². The normalized spacial score (nSPS) is 18.3. The lowest BCUT2D eigenvalue weighted by Crippen LogP contribution is -2.46. The van der Waals surface area contributed by atoms with Crippen molar-refractivity contribution in [2.45, 2.75) is 38.6 Å². The smallest absolute Gasteiger partial charge is 0.259 e. The van der Waals surface area contributed by atoms with Crippen LogP contribution < -0.4 is 10.1 Å². The van der Waals surface area contributed by atoms with Crippen LogP contribution in [0.4, 0.5) is 0 Å². The Bertz CT molecular complexity index is 459. The van der Waals surface area contributed by atoms with Gasteiger partial charge < -0.3 is 15.0 Å². The molecule has 0 radical (unpaired) electrons. The van der Waals surface area contributed by atoms with E-state index in [1.54, 1.807) is 25.4 Å². The Kier molecular flexibility index (Phi) is 5.99. The van der Waals surface area contributed by atoms with Crippen LogP contribution in [0.5, 0.6) is 5.88 Å². The molecule has 5 nitrogen and oxygen atoms in total. The Morgan fingerprint density at radius 3 is 3.05 bits per heavy atom. The molecule has 1 fully saturated rings. The van der Waals surface area contributed by atoms with E-state index >= 15 is 0 Å². The number of methoxy groups -OCH3 is 1. The molecule has 21 heavy (non-hydrogen) atoms. The summed E-state index contributed by atoms with van der Waals surface area (Å²) in [5.74, 6) is 0.411. The number of rotatable bonds is 6. The number of aromatic nitrogens is 1. The lowest BCUT2D eigenvalue weighted by atomic mass is 10.0. The Balaban J connectivity index is 2.10. The predicted molar refractivity (Wildman–Crippen MR) is 82.6 cm³/mol. The highest BCUT2D eigenvalue weighted by Gasteiger charge is 2.23. The van der Waals surface area contributed by atoms with Gasteiger partial charge in [-0.15, -0.1) is 0 Å². The van der Waals surface area contributed by atoms with Crippen molar-refractivity contribution in [1.29, 1.82) is 0 Å². The number of carbonyl (C=O) groups excluding carboxylic acids is 1. The van der Waals surface area contributed by atoms with Gasteiger partial charge in [0.1, 0.15) is 5.56 Å². The Morgan fingerprint density at radius 1 is 1.52 bits per heavy atom. The minimum atomic E-state index is 0.00849. The maximum Gasteiger partial charge on any atom is 0.259 e. The van der Waals surface area contributed by atoms with Crippen LogP contribution in [0.2, 0.25) is 0 Å². The molecule has 1 aromatic rings. The minimum absolute atomic E-state index is 0.00849. The zero-order valence-corrected chi connectivity index (χ0v) is 13.0. The van der Waals surface area contributed by atoms with Gasteiger partial charge in [0.2, 0.25) is 5.88 Å². The molecule has 2 rings (SSSR count). The number of hydrogen-bond acceptors (Lipinski definition) is 4. The second kappa shape index (κ2) is 7.98. The molecule has 5 heteroatoms. The number of nitrogens with one attached hydrogen (secondary N) is 1. The molecule has 1 aromatic heterocycles. The summed E-state index contributed by atoms with van der Waals surface area (Å²) in [7, 11) is 1.55. The number of piperidine rings is 1. The molecule has 1 unspecified atom stereocenters. The summed E-state index contributed by atoms with van der Waals surface area (Å²) in [5, 5.41) is 3.50. The first-order valence-corrected chi connectivity index (χ1v) is 7.78. The Hall–Kier alpha value is -1.62. The first-order valence-electron chi connectivity index (χ1n) is 7.78. The molecule has 0 aliphatic carbocycles. The van der Waals surface area contributed by atoms with Gasteiger partial charge in [0.15, 0.2) is 0 Å². The summed E-state index contributed by atoms with van der Waals surface area (Å²) in [5.41, 5.74) is 0.546. The Labute approximate surface area is 126 Å². The lowest BCUT2D eigenvalue weighted by Gasteiger charge is -2.30. The molecule has 0 spiro atoms. The van der Waals surface area contributed by atoms with Crippen LogP contribution in [-0.2, 0) is 0 Å². The van der Waals surface area contributed by atoms with Gasteiger partial charge >= 0.3 is 0 Å². The van der Waals surface area contributed by atoms with E-state index in [2.05, 4.69) is 17.2 Å². The fraction of sp³-hybridized carbons (Fsp3) is 0.625. The van der Waals surface area contributed by atoms with Crippen molar-refractivity contribution in [2.24, 2.45) is 0 Å². The summed E-state index contributed by atoms with van der Waals surface area (Å²) >= 11 is 0. The van der Waals surface area contributed by atoms with Crippen LogP contribution in [0.1, 0.15) is 43.0 Å². The highest BCUT2D eigenvalue weighted by atomic mass is 16.5. The summed E-state index contributed by atoms with van der Waals surface area (Å²) < 4.78 is 5.21. The average molecular weight is 291 g/mol. The van der Waals surface area contributed by atoms with Gasteiger partial charge in [0.05, 0.1) is 7.11 Å². The second-order valence-electron chi connectivity index (χ2n) is 5.46. The monoisotopic (exact) mass is 291 g/mol. The number of hydrogen-bond donors (Lipinski definition) is 1. The molecular formula is C16H25N3O2. The fourth-order valence-electron chi connectivity index (χ4n) is 2.78. The first kappa shape index (κ1) is 15.8. The molecule has 1 saturated heterocycles. The second-order valence-corrected chi connectivity index (χ2v) is 5.46. The molecule has 0 bridgehead atoms. The van der Waals surface area contributed by atoms with Crippen molar-refractivity contribution in [3.05, 3.63) is 23.9 Å². The van der Waals surface area contributed by atoms with E-state index in [1.807, 2.05) is 4.90 Å². The zero-order chi connectivity index (χ0) is 15.1. The van der Waals surface area contributed by atoms with E-state index in [4.69, 9.17) is 4.74 Å². The van der Waals surface area contributed by atoms with Crippen LogP contribution in [0.15, 0.2) is 18.3 Å². The predicted octanol–water partition coefficient (Wildman–Crippen LogP) is 2.08. The van der Waals surface area contributed by atoms with Gasteiger partial charge in [-0.1, -0.05) is 13.3 Å². The van der Waals surface area contributed by atoms with Crippen LogP contribution in [0.25, 0.3) is 0 Å². The molecule has 1 amide bonds. The van der Waals surface area contributed by atoms with Gasteiger partial charge in [0, 0.05) is 25.3 Å². The fourth-order valence-corrected chi connectivity index (χ4v) is 2.78. The molecule has 1 N–H and O–H groups in total. The zero-order valence-electron chi connectivity index (χ0n) is 13.0. The topological polar surface area (TPSA) is 54.5 Å². The molecule has 1 aliphatic heterocycles. The quantitative estimate of drug-likeness (QED) is 0.872. The van der Waals surface area contributed by atoms with Gasteiger partial charge in [0.25, 0.3) is 5.91 Å². The average Bonchev–Trinajstić information content (AvgIpc) is 2.54. The van der Waals surface area contributed by atoms with Crippen molar-refractivity contribution in [3.63, 3.8) is 0 Å². The van der Waals surface area contributed by atoms with E-state index in [0.29, 0.717) is 17.5 Å². The van der Waals surface area contributed by atoms with E-state index < -0.39 is 0 Å². The lowest BCUT2D eigenvalue weighted by molar-refractivity contribution is 0.0727. The highest BCUT2D eigenvalue weighted by molar-refractivity contribution is 5.96. The molecule has 1 aliphatic rings. The number of nitrogens with zero attached hydrogens (tertiary/aromatic N) is 2. The van der Waals surface area contributed by atoms with Crippen LogP contribution in [0.3, 0.4) is 0 Å². The van der Waals surface area contributed by atoms with Gasteiger partial charge in [-0.2, -0.15) is 0 Å². The molecule has 2 heterocycles. The maximum atomic E-state index is 12.8. The van der Waals surface area contributed by atoms with Crippen molar-refractivity contribution in [1.82, 2.24) is 15.2 Å². The maximum absolute atomic E-state index is 12.8. The van der Waals surface area contributed by atoms with E-state index in [1.165, 1.54) is 12.8 Å². The van der Waals surface area contributed by atoms with E-state index in [9.17, 15) is 4.79 Å². The molecule has 0 aromatic carbocycles. The van der Waals surface area contributed by atoms with Crippen molar-refractivity contribution in [2.75, 3.05) is 26.7 Å². The Morgan fingerprint density at radius 2 is 2.38 bits per heavy atom. The third-order valence-electron chi connectivity index (χ3n) is 3.83. The molecular weight excluding hydrogens is 266 g/mol. The highest BCUT2D eigenvalue weighted by Crippen LogP contribution is 2.18. The molecule has 0 saturated carbocycles. The third-order valence-corrected chi connectivity index (χ3v) is 3.83. The summed E-state index contributed by atoms with van der Waals surface area (Å²) in [6, 6.07) is 3.96. The SMILES string of the molecule is CCCN(CC1CCCCN1)C(=O)c1cccnc1OC. The number of carbonyl (C=O) groups is 1. The summed E-state index contributed by atoms with van der Waals surface area (Å²) in [6.45, 7) is 4.66. The third kappa shape index (κ3) is 4.17. The van der Waals surface area contributed by atoms with Gasteiger partial charge in [-0.3, -0.25) is 4.79 Å². The van der Waals surface area contributed by atoms with E-state index in [-0.39, 0.29) is 5.91 Å². The summed E-state index contributed by atoms with van der Waals surface area (Å²) in [4.78, 5) is 18.8. The number of amides is 1. The van der Waals surface area contributed by atoms with Crippen molar-refractivity contribution in [3.8, 4) is 5.88 Å². The van der Waals surface area contributed by atoms with E-state index in [0.717, 1.165) is 32.5 Å². The molecule has 1 atom stereocenters. The number of ether oxygens (including phenoxy) is 1. The van der Waals surface area contributed by atoms with Crippen molar-refractivity contribution < 1.29 is 9.53 Å². The minimum Gasteiger partial charge on any atom is -0.480 e. The standard InChI is InChI=1S/C16H25N3O2/c1-3-11-19(12-13-7-4-5-9-17-13)16(20)14-8-6-10-18-15(14)21-2/h6,8,10,13,17H,3-5,7,9,11-12H2,1-2H3. The van der Waals surface area contributed by atoms with Gasteiger partial charge in [-0.25, -0.2) is 4.98 Å². The largest absolute Gasteiger partial charge is 0.480 e. The summed E-state index contributed by atoms with van der Waals surface area (Å²) in [6.07, 6.45) is 6.19. The van der Waals surface area contributed by atoms with Crippen molar-refractivity contribution >= 4 is 5.91 Å². The van der Waals surface area contributed by atoms with Crippen LogP contribution in [0, 0.1) is 0 Å².